The van der Waals surface area contributed by atoms with Gasteiger partial charge in [-0.25, -0.2) is 4.98 Å². The van der Waals surface area contributed by atoms with E-state index in [4.69, 9.17) is 10.2 Å². The number of hydrogen-bond donors (Lipinski definition) is 1. The van der Waals surface area contributed by atoms with Crippen molar-refractivity contribution in [2.75, 3.05) is 5.32 Å². The Morgan fingerprint density at radius 3 is 2.34 bits per heavy atom. The summed E-state index contributed by atoms with van der Waals surface area (Å²) in [5.41, 5.74) is 4.09. The molecule has 0 saturated carbocycles. The number of nitrogens with one attached hydrogen (secondary N) is 1. The van der Waals surface area contributed by atoms with Crippen molar-refractivity contribution < 1.29 is 0 Å². The van der Waals surface area contributed by atoms with Gasteiger partial charge in [0.2, 0.25) is 0 Å². The molecule has 0 atom stereocenters. The summed E-state index contributed by atoms with van der Waals surface area (Å²) in [7, 11) is 0. The molecular formula is C26H22N4OS. The smallest absolute Gasteiger partial charge is 0.294 e. The van der Waals surface area contributed by atoms with E-state index < -0.39 is 0 Å². The zero-order chi connectivity index (χ0) is 22.5. The van der Waals surface area contributed by atoms with Crippen LogP contribution in [-0.4, -0.2) is 9.55 Å². The lowest BCUT2D eigenvalue weighted by Crippen LogP contribution is -2.27. The fourth-order valence-electron chi connectivity index (χ4n) is 3.30. The monoisotopic (exact) mass is 438 g/mol. The number of anilines is 2. The molecule has 0 saturated heterocycles. The molecule has 0 unspecified atom stereocenters. The fraction of sp³-hybridized carbons (Fsp3) is 0.115. The molecule has 4 aromatic rings. The highest BCUT2D eigenvalue weighted by Crippen LogP contribution is 2.31. The highest BCUT2D eigenvalue weighted by atomic mass is 32.2. The van der Waals surface area contributed by atoms with Crippen LogP contribution in [0, 0.1) is 25.2 Å². The SMILES string of the molecule is Cc1ccccc1Sc1nc(Nc2ccc(C#N)cc2)c(=O)n(Cc2ccccc2)c1C. The van der Waals surface area contributed by atoms with Crippen molar-refractivity contribution in [2.24, 2.45) is 0 Å². The third kappa shape index (κ3) is 4.74. The Bertz CT molecular complexity index is 1340. The van der Waals surface area contributed by atoms with E-state index in [9.17, 15) is 4.79 Å². The molecule has 32 heavy (non-hydrogen) atoms. The minimum Gasteiger partial charge on any atom is -0.336 e. The van der Waals surface area contributed by atoms with Crippen LogP contribution in [0.2, 0.25) is 0 Å². The first-order chi connectivity index (χ1) is 15.5. The first-order valence-corrected chi connectivity index (χ1v) is 11.0. The minimum atomic E-state index is -0.190. The molecule has 158 valence electrons. The third-order valence-electron chi connectivity index (χ3n) is 5.14. The average Bonchev–Trinajstić information content (AvgIpc) is 2.82. The van der Waals surface area contributed by atoms with E-state index in [0.717, 1.165) is 26.7 Å². The number of rotatable bonds is 6. The largest absolute Gasteiger partial charge is 0.336 e. The highest BCUT2D eigenvalue weighted by Gasteiger charge is 2.16. The normalized spacial score (nSPS) is 10.5. The molecule has 0 fully saturated rings. The lowest BCUT2D eigenvalue weighted by molar-refractivity contribution is 0.695. The second kappa shape index (κ2) is 9.54. The molecule has 1 N–H and O–H groups in total. The zero-order valence-corrected chi connectivity index (χ0v) is 18.7. The molecule has 3 aromatic carbocycles. The number of aryl methyl sites for hydroxylation is 1. The topological polar surface area (TPSA) is 70.7 Å². The first-order valence-electron chi connectivity index (χ1n) is 10.2. The lowest BCUT2D eigenvalue weighted by atomic mass is 10.2. The molecular weight excluding hydrogens is 416 g/mol. The average molecular weight is 439 g/mol. The zero-order valence-electron chi connectivity index (χ0n) is 17.9. The Morgan fingerprint density at radius 1 is 0.969 bits per heavy atom. The molecule has 0 aliphatic carbocycles. The van der Waals surface area contributed by atoms with Gasteiger partial charge in [-0.1, -0.05) is 60.3 Å². The quantitative estimate of drug-likeness (QED) is 0.420. The van der Waals surface area contributed by atoms with Crippen molar-refractivity contribution in [3.8, 4) is 6.07 Å². The van der Waals surface area contributed by atoms with Crippen molar-refractivity contribution in [1.29, 1.82) is 5.26 Å². The van der Waals surface area contributed by atoms with E-state index in [0.29, 0.717) is 17.8 Å². The van der Waals surface area contributed by atoms with E-state index >= 15 is 0 Å². The van der Waals surface area contributed by atoms with Crippen LogP contribution in [0.4, 0.5) is 11.5 Å². The summed E-state index contributed by atoms with van der Waals surface area (Å²) in [6.45, 7) is 4.45. The van der Waals surface area contributed by atoms with Gasteiger partial charge < -0.3 is 9.88 Å². The van der Waals surface area contributed by atoms with E-state index in [1.54, 1.807) is 40.6 Å². The third-order valence-corrected chi connectivity index (χ3v) is 6.39. The van der Waals surface area contributed by atoms with E-state index in [1.165, 1.54) is 0 Å². The summed E-state index contributed by atoms with van der Waals surface area (Å²) in [4.78, 5) is 19.2. The number of nitrogens with zero attached hydrogens (tertiary/aromatic N) is 3. The molecule has 6 heteroatoms. The summed E-state index contributed by atoms with van der Waals surface area (Å²) < 4.78 is 1.76. The van der Waals surface area contributed by atoms with Crippen molar-refractivity contribution in [3.05, 3.63) is 112 Å². The molecule has 0 aliphatic rings. The summed E-state index contributed by atoms with van der Waals surface area (Å²) in [5.74, 6) is 0.257. The summed E-state index contributed by atoms with van der Waals surface area (Å²) in [5, 5.41) is 12.9. The maximum Gasteiger partial charge on any atom is 0.294 e. The molecule has 0 spiro atoms. The van der Waals surface area contributed by atoms with Gasteiger partial charge in [-0.2, -0.15) is 5.26 Å². The van der Waals surface area contributed by atoms with Gasteiger partial charge in [0.05, 0.1) is 23.9 Å². The van der Waals surface area contributed by atoms with Crippen LogP contribution in [0.5, 0.6) is 0 Å². The molecule has 0 bridgehead atoms. The van der Waals surface area contributed by atoms with Gasteiger partial charge in [-0.15, -0.1) is 0 Å². The second-order valence-corrected chi connectivity index (χ2v) is 8.44. The summed E-state index contributed by atoms with van der Waals surface area (Å²) in [6.07, 6.45) is 0. The van der Waals surface area contributed by atoms with Crippen molar-refractivity contribution in [3.63, 3.8) is 0 Å². The Labute approximate surface area is 191 Å². The molecule has 1 heterocycles. The standard InChI is InChI=1S/C26H22N4OS/c1-18-8-6-7-11-23(18)32-25-19(2)30(17-21-9-4-3-5-10-21)26(31)24(29-25)28-22-14-12-20(16-27)13-15-22/h3-15H,17H2,1-2H3,(H,28,29). The molecule has 1 aromatic heterocycles. The van der Waals surface area contributed by atoms with Gasteiger partial charge in [-0.3, -0.25) is 4.79 Å². The molecule has 0 radical (unpaired) electrons. The van der Waals surface area contributed by atoms with Gasteiger partial charge >= 0.3 is 0 Å². The van der Waals surface area contributed by atoms with Gasteiger partial charge in [0.15, 0.2) is 5.82 Å². The number of nitriles is 1. The van der Waals surface area contributed by atoms with Crippen LogP contribution < -0.4 is 10.9 Å². The minimum absolute atomic E-state index is 0.190. The van der Waals surface area contributed by atoms with Crippen LogP contribution in [0.15, 0.2) is 93.6 Å². The lowest BCUT2D eigenvalue weighted by Gasteiger charge is -2.17. The number of hydrogen-bond acceptors (Lipinski definition) is 5. The van der Waals surface area contributed by atoms with E-state index in [2.05, 4.69) is 30.4 Å². The van der Waals surface area contributed by atoms with Crippen LogP contribution in [-0.2, 0) is 6.54 Å². The fourth-order valence-corrected chi connectivity index (χ4v) is 4.28. The second-order valence-electron chi connectivity index (χ2n) is 7.41. The van der Waals surface area contributed by atoms with E-state index in [1.807, 2.05) is 49.4 Å². The van der Waals surface area contributed by atoms with Crippen molar-refractivity contribution in [1.82, 2.24) is 9.55 Å². The summed E-state index contributed by atoms with van der Waals surface area (Å²) >= 11 is 1.55. The van der Waals surface area contributed by atoms with Crippen LogP contribution in [0.25, 0.3) is 0 Å². The van der Waals surface area contributed by atoms with Crippen LogP contribution in [0.1, 0.15) is 22.4 Å². The van der Waals surface area contributed by atoms with Crippen molar-refractivity contribution in [2.45, 2.75) is 30.3 Å². The Kier molecular flexibility index (Phi) is 6.39. The Hall–Kier alpha value is -3.82. The summed E-state index contributed by atoms with van der Waals surface area (Å²) in [6, 6.07) is 27.1. The molecule has 5 nitrogen and oxygen atoms in total. The van der Waals surface area contributed by atoms with Crippen molar-refractivity contribution >= 4 is 23.3 Å². The van der Waals surface area contributed by atoms with Gasteiger partial charge in [0.25, 0.3) is 5.56 Å². The molecule has 0 aliphatic heterocycles. The van der Waals surface area contributed by atoms with Gasteiger partial charge in [-0.05, 0) is 55.3 Å². The predicted octanol–water partition coefficient (Wildman–Crippen LogP) is 5.67. The number of aromatic nitrogens is 2. The van der Waals surface area contributed by atoms with Gasteiger partial charge in [0.1, 0.15) is 5.03 Å². The Balaban J connectivity index is 1.78. The maximum absolute atomic E-state index is 13.4. The number of benzene rings is 3. The molecule has 4 rings (SSSR count). The van der Waals surface area contributed by atoms with E-state index in [-0.39, 0.29) is 11.4 Å². The first kappa shape index (κ1) is 21.4. The van der Waals surface area contributed by atoms with Crippen LogP contribution in [0.3, 0.4) is 0 Å². The molecule has 0 amide bonds. The van der Waals surface area contributed by atoms with Crippen LogP contribution >= 0.6 is 11.8 Å². The van der Waals surface area contributed by atoms with Gasteiger partial charge in [0, 0.05) is 10.6 Å². The maximum atomic E-state index is 13.4. The Morgan fingerprint density at radius 2 is 1.66 bits per heavy atom. The predicted molar refractivity (Wildman–Crippen MR) is 129 cm³/mol. The highest BCUT2D eigenvalue weighted by molar-refractivity contribution is 7.99.